The van der Waals surface area contributed by atoms with Crippen LogP contribution in [-0.2, 0) is 9.53 Å². The molecule has 1 saturated heterocycles. The Bertz CT molecular complexity index is 279. The van der Waals surface area contributed by atoms with Crippen LogP contribution in [0, 0.1) is 0 Å². The van der Waals surface area contributed by atoms with E-state index in [1.54, 1.807) is 0 Å². The average molecular weight is 194 g/mol. The lowest BCUT2D eigenvalue weighted by molar-refractivity contribution is -0.143. The Morgan fingerprint density at radius 2 is 1.79 bits per heavy atom. The van der Waals surface area contributed by atoms with E-state index in [9.17, 15) is 4.79 Å². The number of allylic oxidation sites excluding steroid dienone is 1. The van der Waals surface area contributed by atoms with E-state index in [1.165, 1.54) is 24.8 Å². The summed E-state index contributed by atoms with van der Waals surface area (Å²) in [6.07, 6.45) is 6.83. The highest BCUT2D eigenvalue weighted by Gasteiger charge is 2.37. The maximum atomic E-state index is 11.6. The first-order chi connectivity index (χ1) is 6.58. The predicted molar refractivity (Wildman–Crippen MR) is 54.9 cm³/mol. The zero-order valence-corrected chi connectivity index (χ0v) is 9.06. The standard InChI is InChI=1S/C12H18O2/c1-12(2)8-10(11(13)14-12)9-6-4-3-5-7-9/h3-8H2,1-2H3. The van der Waals surface area contributed by atoms with Gasteiger partial charge in [0.2, 0.25) is 0 Å². The monoisotopic (exact) mass is 194 g/mol. The zero-order chi connectivity index (χ0) is 10.2. The molecule has 2 rings (SSSR count). The van der Waals surface area contributed by atoms with Gasteiger partial charge >= 0.3 is 5.97 Å². The van der Waals surface area contributed by atoms with E-state index in [0.717, 1.165) is 24.8 Å². The smallest absolute Gasteiger partial charge is 0.334 e. The van der Waals surface area contributed by atoms with Gasteiger partial charge in [-0.2, -0.15) is 0 Å². The molecule has 0 spiro atoms. The van der Waals surface area contributed by atoms with Crippen molar-refractivity contribution in [3.8, 4) is 0 Å². The van der Waals surface area contributed by atoms with Crippen molar-refractivity contribution < 1.29 is 9.53 Å². The van der Waals surface area contributed by atoms with Crippen LogP contribution in [0.25, 0.3) is 0 Å². The van der Waals surface area contributed by atoms with E-state index in [0.29, 0.717) is 0 Å². The van der Waals surface area contributed by atoms with E-state index in [-0.39, 0.29) is 11.6 Å². The molecule has 0 unspecified atom stereocenters. The summed E-state index contributed by atoms with van der Waals surface area (Å²) >= 11 is 0. The maximum Gasteiger partial charge on any atom is 0.334 e. The Hall–Kier alpha value is -0.790. The minimum Gasteiger partial charge on any atom is -0.456 e. The second-order valence-corrected chi connectivity index (χ2v) is 4.97. The third-order valence-electron chi connectivity index (χ3n) is 3.10. The van der Waals surface area contributed by atoms with Gasteiger partial charge in [0.15, 0.2) is 0 Å². The number of cyclic esters (lactones) is 1. The molecule has 0 atom stereocenters. The van der Waals surface area contributed by atoms with Crippen LogP contribution >= 0.6 is 0 Å². The summed E-state index contributed by atoms with van der Waals surface area (Å²) in [6.45, 7) is 3.97. The van der Waals surface area contributed by atoms with Gasteiger partial charge in [-0.05, 0) is 39.5 Å². The van der Waals surface area contributed by atoms with Crippen molar-refractivity contribution in [2.24, 2.45) is 0 Å². The first-order valence-electron chi connectivity index (χ1n) is 5.53. The first kappa shape index (κ1) is 9.75. The maximum absolute atomic E-state index is 11.6. The van der Waals surface area contributed by atoms with E-state index in [2.05, 4.69) is 0 Å². The van der Waals surface area contributed by atoms with Crippen LogP contribution in [0.1, 0.15) is 52.4 Å². The molecule has 1 saturated carbocycles. The summed E-state index contributed by atoms with van der Waals surface area (Å²) < 4.78 is 5.32. The number of rotatable bonds is 0. The molecule has 1 aliphatic carbocycles. The summed E-state index contributed by atoms with van der Waals surface area (Å²) in [5.41, 5.74) is 2.08. The van der Waals surface area contributed by atoms with Gasteiger partial charge in [0, 0.05) is 12.0 Å². The van der Waals surface area contributed by atoms with Crippen LogP contribution in [0.15, 0.2) is 11.1 Å². The van der Waals surface area contributed by atoms with Gasteiger partial charge in [0.05, 0.1) is 0 Å². The lowest BCUT2D eigenvalue weighted by Crippen LogP contribution is -2.17. The molecule has 1 heterocycles. The van der Waals surface area contributed by atoms with Crippen molar-refractivity contribution in [3.63, 3.8) is 0 Å². The molecule has 0 bridgehead atoms. The van der Waals surface area contributed by atoms with E-state index in [4.69, 9.17) is 4.74 Å². The fraction of sp³-hybridized carbons (Fsp3) is 0.750. The van der Waals surface area contributed by atoms with Crippen molar-refractivity contribution in [2.75, 3.05) is 0 Å². The molecule has 0 radical (unpaired) electrons. The summed E-state index contributed by atoms with van der Waals surface area (Å²) in [5.74, 6) is -0.0631. The molecular formula is C12H18O2. The summed E-state index contributed by atoms with van der Waals surface area (Å²) in [5, 5.41) is 0. The first-order valence-corrected chi connectivity index (χ1v) is 5.53. The molecule has 2 heteroatoms. The molecular weight excluding hydrogens is 176 g/mol. The van der Waals surface area contributed by atoms with Crippen molar-refractivity contribution >= 4 is 5.97 Å². The Morgan fingerprint density at radius 1 is 1.14 bits per heavy atom. The van der Waals surface area contributed by atoms with Crippen LogP contribution in [0.3, 0.4) is 0 Å². The average Bonchev–Trinajstić information content (AvgIpc) is 2.41. The van der Waals surface area contributed by atoms with Gasteiger partial charge in [-0.3, -0.25) is 0 Å². The second-order valence-electron chi connectivity index (χ2n) is 4.97. The second kappa shape index (κ2) is 3.41. The van der Waals surface area contributed by atoms with Gasteiger partial charge in [0.25, 0.3) is 0 Å². The third-order valence-corrected chi connectivity index (χ3v) is 3.10. The fourth-order valence-corrected chi connectivity index (χ4v) is 2.40. The minimum absolute atomic E-state index is 0.0631. The number of ether oxygens (including phenoxy) is 1. The normalized spacial score (nSPS) is 26.6. The number of carbonyl (C=O) groups is 1. The van der Waals surface area contributed by atoms with Crippen LogP contribution < -0.4 is 0 Å². The lowest BCUT2D eigenvalue weighted by atomic mass is 9.88. The number of carbonyl (C=O) groups excluding carboxylic acids is 1. The molecule has 0 aromatic heterocycles. The number of hydrogen-bond donors (Lipinski definition) is 0. The van der Waals surface area contributed by atoms with E-state index in [1.807, 2.05) is 13.8 Å². The summed E-state index contributed by atoms with van der Waals surface area (Å²) in [6, 6.07) is 0. The fourth-order valence-electron chi connectivity index (χ4n) is 2.40. The highest BCUT2D eigenvalue weighted by atomic mass is 16.6. The van der Waals surface area contributed by atoms with E-state index >= 15 is 0 Å². The van der Waals surface area contributed by atoms with Crippen molar-refractivity contribution in [1.29, 1.82) is 0 Å². The SMILES string of the molecule is CC1(C)CC(=C2CCCCC2)C(=O)O1. The molecule has 0 aromatic rings. The van der Waals surface area contributed by atoms with Crippen LogP contribution in [0.5, 0.6) is 0 Å². The summed E-state index contributed by atoms with van der Waals surface area (Å²) in [7, 11) is 0. The molecule has 78 valence electrons. The van der Waals surface area contributed by atoms with Crippen LogP contribution in [0.2, 0.25) is 0 Å². The number of hydrogen-bond acceptors (Lipinski definition) is 2. The highest BCUT2D eigenvalue weighted by molar-refractivity contribution is 5.92. The number of esters is 1. The molecule has 0 amide bonds. The lowest BCUT2D eigenvalue weighted by Gasteiger charge is -2.15. The molecule has 2 nitrogen and oxygen atoms in total. The summed E-state index contributed by atoms with van der Waals surface area (Å²) in [4.78, 5) is 11.6. The van der Waals surface area contributed by atoms with Gasteiger partial charge in [-0.15, -0.1) is 0 Å². The van der Waals surface area contributed by atoms with Crippen molar-refractivity contribution in [2.45, 2.75) is 58.0 Å². The molecule has 0 N–H and O–H groups in total. The van der Waals surface area contributed by atoms with Crippen LogP contribution in [-0.4, -0.2) is 11.6 Å². The van der Waals surface area contributed by atoms with Gasteiger partial charge in [-0.25, -0.2) is 4.79 Å². The molecule has 14 heavy (non-hydrogen) atoms. The Morgan fingerprint density at radius 3 is 2.29 bits per heavy atom. The van der Waals surface area contributed by atoms with Crippen LogP contribution in [0.4, 0.5) is 0 Å². The molecule has 2 fully saturated rings. The minimum atomic E-state index is -0.267. The largest absolute Gasteiger partial charge is 0.456 e. The third kappa shape index (κ3) is 1.84. The molecule has 2 aliphatic rings. The Balaban J connectivity index is 2.21. The quantitative estimate of drug-likeness (QED) is 0.437. The predicted octanol–water partition coefficient (Wildman–Crippen LogP) is 2.97. The van der Waals surface area contributed by atoms with Gasteiger partial charge < -0.3 is 4.74 Å². The Kier molecular flexibility index (Phi) is 2.38. The van der Waals surface area contributed by atoms with Gasteiger partial charge in [-0.1, -0.05) is 12.0 Å². The molecule has 0 aromatic carbocycles. The van der Waals surface area contributed by atoms with Gasteiger partial charge in [0.1, 0.15) is 5.60 Å². The van der Waals surface area contributed by atoms with Crippen molar-refractivity contribution in [3.05, 3.63) is 11.1 Å². The van der Waals surface area contributed by atoms with Crippen molar-refractivity contribution in [1.82, 2.24) is 0 Å². The molecule has 1 aliphatic heterocycles. The zero-order valence-electron chi connectivity index (χ0n) is 9.06. The van der Waals surface area contributed by atoms with E-state index < -0.39 is 0 Å². The highest BCUT2D eigenvalue weighted by Crippen LogP contribution is 2.36. The Labute approximate surface area is 85.3 Å². The topological polar surface area (TPSA) is 26.3 Å².